The van der Waals surface area contributed by atoms with Gasteiger partial charge in [0, 0.05) is 17.1 Å². The zero-order chi connectivity index (χ0) is 25.5. The van der Waals surface area contributed by atoms with E-state index in [1.807, 2.05) is 86.6 Å². The first-order chi connectivity index (χ1) is 17.5. The second-order valence-corrected chi connectivity index (χ2v) is 7.93. The van der Waals surface area contributed by atoms with Crippen molar-refractivity contribution in [1.29, 1.82) is 0 Å². The lowest BCUT2D eigenvalue weighted by molar-refractivity contribution is 0.340. The van der Waals surface area contributed by atoms with Gasteiger partial charge in [-0.15, -0.1) is 5.92 Å². The predicted molar refractivity (Wildman–Crippen MR) is 141 cm³/mol. The molecule has 0 amide bonds. The largest absolute Gasteiger partial charge is 0.494 e. The Morgan fingerprint density at radius 2 is 1.06 bits per heavy atom. The Hall–Kier alpha value is -4.30. The number of nitrogens with zero attached hydrogens (tertiary/aromatic N) is 1. The molecule has 4 rings (SSSR count). The molecule has 0 aliphatic rings. The summed E-state index contributed by atoms with van der Waals surface area (Å²) in [5.41, 5.74) is 3.71. The molecule has 0 radical (unpaired) electrons. The van der Waals surface area contributed by atoms with Gasteiger partial charge in [-0.3, -0.25) is 0 Å². The maximum Gasteiger partial charge on any atom is 0.142 e. The predicted octanol–water partition coefficient (Wildman–Crippen LogP) is 8.27. The first-order valence-electron chi connectivity index (χ1n) is 11.8. The fourth-order valence-electron chi connectivity index (χ4n) is 3.95. The summed E-state index contributed by atoms with van der Waals surface area (Å²) < 4.78 is 40.1. The molecule has 0 fully saturated rings. The van der Waals surface area contributed by atoms with Gasteiger partial charge in [0.15, 0.2) is 0 Å². The van der Waals surface area contributed by atoms with Crippen LogP contribution in [0.1, 0.15) is 26.3 Å². The van der Waals surface area contributed by atoms with E-state index in [2.05, 4.69) is 16.7 Å². The SMILES string of the molecule is CC#Cc1c(F)cc(-c2ccc(N(c3ccc(OCC)cc3)c3ccc(OCC)cc3)cc2)cc1F. The average Bonchev–Trinajstić information content (AvgIpc) is 2.89. The van der Waals surface area contributed by atoms with Gasteiger partial charge in [0.1, 0.15) is 23.1 Å². The number of rotatable bonds is 8. The number of ether oxygens (including phenoxy) is 2. The van der Waals surface area contributed by atoms with Crippen LogP contribution < -0.4 is 14.4 Å². The van der Waals surface area contributed by atoms with Crippen LogP contribution in [0.3, 0.4) is 0 Å². The number of hydrogen-bond donors (Lipinski definition) is 0. The minimum absolute atomic E-state index is 0.213. The van der Waals surface area contributed by atoms with Gasteiger partial charge in [-0.25, -0.2) is 8.78 Å². The zero-order valence-corrected chi connectivity index (χ0v) is 20.5. The molecule has 0 bridgehead atoms. The fourth-order valence-corrected chi connectivity index (χ4v) is 3.95. The second-order valence-electron chi connectivity index (χ2n) is 7.93. The number of halogens is 2. The number of hydrogen-bond acceptors (Lipinski definition) is 3. The van der Waals surface area contributed by atoms with E-state index in [0.717, 1.165) is 28.6 Å². The highest BCUT2D eigenvalue weighted by molar-refractivity contribution is 5.78. The molecular weight excluding hydrogens is 456 g/mol. The monoisotopic (exact) mass is 483 g/mol. The van der Waals surface area contributed by atoms with Crippen molar-refractivity contribution in [2.75, 3.05) is 18.1 Å². The van der Waals surface area contributed by atoms with E-state index in [9.17, 15) is 8.78 Å². The quantitative estimate of drug-likeness (QED) is 0.235. The molecule has 0 saturated heterocycles. The maximum atomic E-state index is 14.4. The van der Waals surface area contributed by atoms with Crippen LogP contribution >= 0.6 is 0 Å². The highest BCUT2D eigenvalue weighted by Gasteiger charge is 2.15. The van der Waals surface area contributed by atoms with Gasteiger partial charge >= 0.3 is 0 Å². The van der Waals surface area contributed by atoms with Crippen molar-refractivity contribution in [2.24, 2.45) is 0 Å². The molecular formula is C31H27F2NO2. The Kier molecular flexibility index (Phi) is 7.87. The molecule has 0 aromatic heterocycles. The molecule has 0 atom stereocenters. The Bertz CT molecular complexity index is 1300. The maximum absolute atomic E-state index is 14.4. The molecule has 4 aromatic carbocycles. The van der Waals surface area contributed by atoms with Crippen LogP contribution in [0.15, 0.2) is 84.9 Å². The summed E-state index contributed by atoms with van der Waals surface area (Å²) in [6.45, 7) is 6.63. The highest BCUT2D eigenvalue weighted by Crippen LogP contribution is 2.37. The summed E-state index contributed by atoms with van der Waals surface area (Å²) in [6, 6.07) is 25.9. The summed E-state index contributed by atoms with van der Waals surface area (Å²) in [5.74, 6) is 5.27. The average molecular weight is 484 g/mol. The van der Waals surface area contributed by atoms with Gasteiger partial charge in [-0.2, -0.15) is 0 Å². The topological polar surface area (TPSA) is 21.7 Å². The summed E-state index contributed by atoms with van der Waals surface area (Å²) >= 11 is 0. The number of benzene rings is 4. The van der Waals surface area contributed by atoms with Crippen LogP contribution in [0.5, 0.6) is 11.5 Å². The van der Waals surface area contributed by atoms with Crippen LogP contribution in [0.2, 0.25) is 0 Å². The van der Waals surface area contributed by atoms with Crippen molar-refractivity contribution in [3.05, 3.63) is 102 Å². The minimum Gasteiger partial charge on any atom is -0.494 e. The standard InChI is InChI=1S/C31H27F2NO2/c1-4-7-29-30(32)20-23(21-31(29)33)22-8-10-24(11-9-22)34(25-12-16-27(17-13-25)35-5-2)26-14-18-28(19-15-26)36-6-3/h8-21H,5-6H2,1-3H3. The van der Waals surface area contributed by atoms with Gasteiger partial charge in [-0.05, 0) is 105 Å². The van der Waals surface area contributed by atoms with Gasteiger partial charge in [-0.1, -0.05) is 18.1 Å². The summed E-state index contributed by atoms with van der Waals surface area (Å²) in [6.07, 6.45) is 0. The van der Waals surface area contributed by atoms with Crippen LogP contribution in [-0.4, -0.2) is 13.2 Å². The van der Waals surface area contributed by atoms with E-state index in [1.54, 1.807) is 6.92 Å². The molecule has 182 valence electrons. The zero-order valence-electron chi connectivity index (χ0n) is 20.5. The Balaban J connectivity index is 1.72. The first kappa shape index (κ1) is 24.8. The third-order valence-electron chi connectivity index (χ3n) is 5.56. The van der Waals surface area contributed by atoms with Crippen molar-refractivity contribution >= 4 is 17.1 Å². The molecule has 0 spiro atoms. The lowest BCUT2D eigenvalue weighted by Gasteiger charge is -2.26. The minimum atomic E-state index is -0.672. The molecule has 0 heterocycles. The Labute approximate surface area is 210 Å². The second kappa shape index (κ2) is 11.4. The van der Waals surface area contributed by atoms with Gasteiger partial charge in [0.2, 0.25) is 0 Å². The number of anilines is 3. The van der Waals surface area contributed by atoms with Crippen LogP contribution in [0.4, 0.5) is 25.8 Å². The lowest BCUT2D eigenvalue weighted by atomic mass is 10.0. The molecule has 3 nitrogen and oxygen atoms in total. The van der Waals surface area contributed by atoms with Crippen LogP contribution in [0.25, 0.3) is 11.1 Å². The van der Waals surface area contributed by atoms with Gasteiger partial charge < -0.3 is 14.4 Å². The van der Waals surface area contributed by atoms with Crippen LogP contribution in [-0.2, 0) is 0 Å². The third-order valence-corrected chi connectivity index (χ3v) is 5.56. The normalized spacial score (nSPS) is 10.4. The fraction of sp³-hybridized carbons (Fsp3) is 0.161. The van der Waals surface area contributed by atoms with E-state index < -0.39 is 11.6 Å². The lowest BCUT2D eigenvalue weighted by Crippen LogP contribution is -2.10. The summed E-state index contributed by atoms with van der Waals surface area (Å²) in [7, 11) is 0. The Morgan fingerprint density at radius 1 is 0.639 bits per heavy atom. The highest BCUT2D eigenvalue weighted by atomic mass is 19.1. The van der Waals surface area contributed by atoms with E-state index in [-0.39, 0.29) is 5.56 Å². The third kappa shape index (κ3) is 5.50. The van der Waals surface area contributed by atoms with E-state index in [1.165, 1.54) is 12.1 Å². The van der Waals surface area contributed by atoms with E-state index >= 15 is 0 Å². The molecule has 0 aliphatic carbocycles. The first-order valence-corrected chi connectivity index (χ1v) is 11.8. The molecule has 36 heavy (non-hydrogen) atoms. The molecule has 4 aromatic rings. The summed E-state index contributed by atoms with van der Waals surface area (Å²) in [5, 5.41) is 0. The molecule has 0 N–H and O–H groups in total. The van der Waals surface area contributed by atoms with Crippen LogP contribution in [0, 0.1) is 23.5 Å². The van der Waals surface area contributed by atoms with Gasteiger partial charge in [0.25, 0.3) is 0 Å². The molecule has 0 aliphatic heterocycles. The molecule has 0 saturated carbocycles. The van der Waals surface area contributed by atoms with Gasteiger partial charge in [0.05, 0.1) is 18.8 Å². The smallest absolute Gasteiger partial charge is 0.142 e. The molecule has 5 heteroatoms. The van der Waals surface area contributed by atoms with Crippen molar-refractivity contribution in [2.45, 2.75) is 20.8 Å². The summed E-state index contributed by atoms with van der Waals surface area (Å²) in [4.78, 5) is 2.09. The van der Waals surface area contributed by atoms with Crippen molar-refractivity contribution in [3.63, 3.8) is 0 Å². The molecule has 0 unspecified atom stereocenters. The van der Waals surface area contributed by atoms with E-state index in [4.69, 9.17) is 9.47 Å². The van der Waals surface area contributed by atoms with Crippen molar-refractivity contribution < 1.29 is 18.3 Å². The Morgan fingerprint density at radius 3 is 1.44 bits per heavy atom. The van der Waals surface area contributed by atoms with E-state index in [0.29, 0.717) is 24.3 Å². The van der Waals surface area contributed by atoms with Crippen molar-refractivity contribution in [3.8, 4) is 34.5 Å². The van der Waals surface area contributed by atoms with Crippen molar-refractivity contribution in [1.82, 2.24) is 0 Å².